The molecule has 1 atom stereocenters. The molecule has 0 aliphatic carbocycles. The lowest BCUT2D eigenvalue weighted by molar-refractivity contribution is 0.0920. The number of carbonyl (C=O) groups is 1. The maximum absolute atomic E-state index is 11.9. The van der Waals surface area contributed by atoms with E-state index in [1.807, 2.05) is 29.8 Å². The minimum Gasteiger partial charge on any atom is -0.387 e. The fourth-order valence-electron chi connectivity index (χ4n) is 1.43. The number of halogens is 1. The van der Waals surface area contributed by atoms with Crippen LogP contribution in [0.25, 0.3) is 0 Å². The van der Waals surface area contributed by atoms with E-state index in [2.05, 4.69) is 21.2 Å². The number of aliphatic hydroxyl groups is 1. The topological polar surface area (TPSA) is 49.3 Å². The minimum absolute atomic E-state index is 0.150. The monoisotopic (exact) mass is 345 g/mol. The highest BCUT2D eigenvalue weighted by Gasteiger charge is 2.13. The standard InChI is InChI=1S/C12H12BrNO2S2/c1-7-4-10(18-11(7)13)12(16)14-5-9(15)8-2-3-17-6-8/h2-4,6,9,15H,5H2,1H3,(H,14,16). The van der Waals surface area contributed by atoms with Crippen molar-refractivity contribution in [2.45, 2.75) is 13.0 Å². The molecule has 0 bridgehead atoms. The van der Waals surface area contributed by atoms with E-state index in [-0.39, 0.29) is 12.5 Å². The Balaban J connectivity index is 1.92. The average Bonchev–Trinajstić information content (AvgIpc) is 2.97. The van der Waals surface area contributed by atoms with E-state index in [4.69, 9.17) is 0 Å². The Bertz CT molecular complexity index is 517. The van der Waals surface area contributed by atoms with Crippen LogP contribution in [-0.2, 0) is 0 Å². The van der Waals surface area contributed by atoms with Gasteiger partial charge in [-0.3, -0.25) is 4.79 Å². The van der Waals surface area contributed by atoms with Crippen LogP contribution in [0.5, 0.6) is 0 Å². The highest BCUT2D eigenvalue weighted by atomic mass is 79.9. The van der Waals surface area contributed by atoms with Crippen molar-refractivity contribution in [3.63, 3.8) is 0 Å². The van der Waals surface area contributed by atoms with E-state index in [9.17, 15) is 9.90 Å². The van der Waals surface area contributed by atoms with Gasteiger partial charge in [-0.1, -0.05) is 0 Å². The van der Waals surface area contributed by atoms with Gasteiger partial charge in [-0.05, 0) is 56.9 Å². The molecule has 0 saturated carbocycles. The number of aryl methyl sites for hydroxylation is 1. The summed E-state index contributed by atoms with van der Waals surface area (Å²) in [6.07, 6.45) is -0.648. The Morgan fingerprint density at radius 1 is 1.61 bits per heavy atom. The van der Waals surface area contributed by atoms with Gasteiger partial charge in [0.2, 0.25) is 0 Å². The van der Waals surface area contributed by atoms with E-state index in [0.717, 1.165) is 14.9 Å². The lowest BCUT2D eigenvalue weighted by atomic mass is 10.2. The maximum Gasteiger partial charge on any atom is 0.261 e. The Morgan fingerprint density at radius 2 is 2.39 bits per heavy atom. The second kappa shape index (κ2) is 5.97. The first-order valence-corrected chi connectivity index (χ1v) is 7.87. The molecule has 2 rings (SSSR count). The maximum atomic E-state index is 11.9. The molecule has 0 radical (unpaired) electrons. The normalized spacial score (nSPS) is 12.4. The second-order valence-corrected chi connectivity index (χ2v) is 7.00. The van der Waals surface area contributed by atoms with E-state index in [1.54, 1.807) is 0 Å². The summed E-state index contributed by atoms with van der Waals surface area (Å²) in [6, 6.07) is 3.69. The number of nitrogens with one attached hydrogen (secondary N) is 1. The molecule has 3 nitrogen and oxygen atoms in total. The molecule has 0 spiro atoms. The number of thiophene rings is 2. The van der Waals surface area contributed by atoms with E-state index < -0.39 is 6.10 Å². The van der Waals surface area contributed by atoms with Gasteiger partial charge >= 0.3 is 0 Å². The van der Waals surface area contributed by atoms with Gasteiger partial charge in [-0.2, -0.15) is 11.3 Å². The third kappa shape index (κ3) is 3.20. The lowest BCUT2D eigenvalue weighted by Crippen LogP contribution is -2.27. The van der Waals surface area contributed by atoms with Gasteiger partial charge in [0.1, 0.15) is 0 Å². The van der Waals surface area contributed by atoms with Gasteiger partial charge < -0.3 is 10.4 Å². The Morgan fingerprint density at radius 3 is 2.94 bits per heavy atom. The summed E-state index contributed by atoms with van der Waals surface area (Å²) in [5.41, 5.74) is 1.88. The smallest absolute Gasteiger partial charge is 0.261 e. The third-order valence-corrected chi connectivity index (χ3v) is 5.30. The molecule has 0 aromatic carbocycles. The van der Waals surface area contributed by atoms with Crippen molar-refractivity contribution in [1.82, 2.24) is 5.32 Å². The van der Waals surface area contributed by atoms with Gasteiger partial charge in [0, 0.05) is 6.54 Å². The number of rotatable bonds is 4. The summed E-state index contributed by atoms with van der Waals surface area (Å²) in [4.78, 5) is 12.5. The second-order valence-electron chi connectivity index (χ2n) is 3.85. The third-order valence-electron chi connectivity index (χ3n) is 2.46. The molecule has 2 aromatic heterocycles. The Labute approximate surface area is 122 Å². The number of carbonyl (C=O) groups excluding carboxylic acids is 1. The van der Waals surface area contributed by atoms with Gasteiger partial charge in [0.15, 0.2) is 0 Å². The molecule has 96 valence electrons. The summed E-state index contributed by atoms with van der Waals surface area (Å²) in [7, 11) is 0. The molecular formula is C12H12BrNO2S2. The molecule has 18 heavy (non-hydrogen) atoms. The van der Waals surface area contributed by atoms with Crippen LogP contribution in [0, 0.1) is 6.92 Å². The first-order valence-electron chi connectivity index (χ1n) is 5.32. The van der Waals surface area contributed by atoms with Crippen LogP contribution in [0.1, 0.15) is 26.9 Å². The number of aliphatic hydroxyl groups excluding tert-OH is 1. The largest absolute Gasteiger partial charge is 0.387 e. The predicted octanol–water partition coefficient (Wildman–Crippen LogP) is 3.34. The fraction of sp³-hybridized carbons (Fsp3) is 0.250. The minimum atomic E-state index is -0.648. The molecule has 1 amide bonds. The molecule has 0 saturated heterocycles. The zero-order valence-electron chi connectivity index (χ0n) is 9.64. The van der Waals surface area contributed by atoms with Gasteiger partial charge in [-0.15, -0.1) is 11.3 Å². The van der Waals surface area contributed by atoms with Crippen LogP contribution in [0.2, 0.25) is 0 Å². The molecule has 1 unspecified atom stereocenters. The van der Waals surface area contributed by atoms with E-state index in [0.29, 0.717) is 4.88 Å². The van der Waals surface area contributed by atoms with Gasteiger partial charge in [0.25, 0.3) is 5.91 Å². The molecule has 0 aliphatic rings. The van der Waals surface area contributed by atoms with Gasteiger partial charge in [0.05, 0.1) is 14.8 Å². The van der Waals surface area contributed by atoms with Crippen molar-refractivity contribution in [2.24, 2.45) is 0 Å². The summed E-state index contributed by atoms with van der Waals surface area (Å²) in [6.45, 7) is 2.17. The van der Waals surface area contributed by atoms with Gasteiger partial charge in [-0.25, -0.2) is 0 Å². The molecule has 2 aromatic rings. The molecule has 6 heteroatoms. The van der Waals surface area contributed by atoms with E-state index in [1.165, 1.54) is 22.7 Å². The zero-order valence-corrected chi connectivity index (χ0v) is 12.9. The van der Waals surface area contributed by atoms with Crippen LogP contribution in [0.4, 0.5) is 0 Å². The molecule has 2 heterocycles. The lowest BCUT2D eigenvalue weighted by Gasteiger charge is -2.09. The van der Waals surface area contributed by atoms with Crippen molar-refractivity contribution in [1.29, 1.82) is 0 Å². The predicted molar refractivity (Wildman–Crippen MR) is 78.4 cm³/mol. The summed E-state index contributed by atoms with van der Waals surface area (Å²) >= 11 is 6.31. The first kappa shape index (κ1) is 13.7. The number of hydrogen-bond acceptors (Lipinski definition) is 4. The van der Waals surface area contributed by atoms with Crippen LogP contribution in [-0.4, -0.2) is 17.6 Å². The van der Waals surface area contributed by atoms with Crippen LogP contribution in [0.15, 0.2) is 26.7 Å². The Hall–Kier alpha value is -0.690. The Kier molecular flexibility index (Phi) is 4.55. The quantitative estimate of drug-likeness (QED) is 0.892. The zero-order chi connectivity index (χ0) is 13.1. The summed E-state index contributed by atoms with van der Waals surface area (Å²) in [5.74, 6) is -0.150. The molecule has 2 N–H and O–H groups in total. The number of amides is 1. The molecular weight excluding hydrogens is 334 g/mol. The first-order chi connectivity index (χ1) is 8.58. The van der Waals surface area contributed by atoms with Crippen LogP contribution >= 0.6 is 38.6 Å². The molecule has 0 fully saturated rings. The van der Waals surface area contributed by atoms with Crippen molar-refractivity contribution in [3.8, 4) is 0 Å². The van der Waals surface area contributed by atoms with Crippen molar-refractivity contribution >= 4 is 44.5 Å². The van der Waals surface area contributed by atoms with Crippen molar-refractivity contribution < 1.29 is 9.90 Å². The fourth-order valence-corrected chi connectivity index (χ4v) is 3.59. The van der Waals surface area contributed by atoms with Crippen molar-refractivity contribution in [3.05, 3.63) is 42.7 Å². The summed E-state index contributed by atoms with van der Waals surface area (Å²) < 4.78 is 0.964. The number of hydrogen-bond donors (Lipinski definition) is 2. The van der Waals surface area contributed by atoms with Crippen LogP contribution in [0.3, 0.4) is 0 Å². The molecule has 0 aliphatic heterocycles. The average molecular weight is 346 g/mol. The SMILES string of the molecule is Cc1cc(C(=O)NCC(O)c2ccsc2)sc1Br. The van der Waals surface area contributed by atoms with E-state index >= 15 is 0 Å². The van der Waals surface area contributed by atoms with Crippen LogP contribution < -0.4 is 5.32 Å². The summed E-state index contributed by atoms with van der Waals surface area (Å²) in [5, 5.41) is 16.4. The highest BCUT2D eigenvalue weighted by molar-refractivity contribution is 9.11. The highest BCUT2D eigenvalue weighted by Crippen LogP contribution is 2.27. The van der Waals surface area contributed by atoms with Crippen molar-refractivity contribution in [2.75, 3.05) is 6.54 Å².